The highest BCUT2D eigenvalue weighted by Gasteiger charge is 2.83. The smallest absolute Gasteiger partial charge is 0.221 e. The summed E-state index contributed by atoms with van der Waals surface area (Å²) in [6, 6.07) is 3.10. The number of phenolic OH excluding ortho intramolecular Hbond substituents is 4. The second-order valence-corrected chi connectivity index (χ2v) is 12.1. The molecule has 0 amide bonds. The molecule has 2 aromatic carbocycles. The lowest BCUT2D eigenvalue weighted by Crippen LogP contribution is -2.75. The largest absolute Gasteiger partial charge is 0.508 e. The van der Waals surface area contributed by atoms with Crippen molar-refractivity contribution in [1.82, 2.24) is 0 Å². The highest BCUT2D eigenvalue weighted by molar-refractivity contribution is 6.15. The Bertz CT molecular complexity index is 1680. The molecule has 4 aliphatic heterocycles. The molecule has 2 saturated heterocycles. The molecule has 2 fully saturated rings. The summed E-state index contributed by atoms with van der Waals surface area (Å²) in [5.74, 6) is -6.43. The first-order valence-electron chi connectivity index (χ1n) is 13.7. The van der Waals surface area contributed by atoms with Crippen molar-refractivity contribution in [2.24, 2.45) is 5.92 Å². The van der Waals surface area contributed by atoms with Crippen molar-refractivity contribution in [3.8, 4) is 23.0 Å². The minimum atomic E-state index is -2.45. The second-order valence-electron chi connectivity index (χ2n) is 12.1. The highest BCUT2D eigenvalue weighted by Crippen LogP contribution is 2.73. The van der Waals surface area contributed by atoms with Crippen LogP contribution in [0.2, 0.25) is 0 Å². The number of aliphatic hydroxyl groups is 1. The quantitative estimate of drug-likeness (QED) is 0.318. The SMILES string of the molecule is C[C@@H]1CC2=C(C(=O)c3c(O)cc(O)c4c3[C@]23O[C@@H]2[C@@H](C)O[C@H](C)[C@@H]5C(=O)c6c(O)cc(O)cc6[C@@]4(O)[C@@]25O3)[C@@H](C)O1. The van der Waals surface area contributed by atoms with E-state index in [1.54, 1.807) is 20.8 Å². The summed E-state index contributed by atoms with van der Waals surface area (Å²) in [6.45, 7) is 6.92. The van der Waals surface area contributed by atoms with Gasteiger partial charge in [-0.3, -0.25) is 9.59 Å². The van der Waals surface area contributed by atoms with E-state index in [9.17, 15) is 35.1 Å². The normalized spacial score (nSPS) is 41.5. The minimum Gasteiger partial charge on any atom is -0.508 e. The first-order valence-corrected chi connectivity index (χ1v) is 13.7. The number of Topliss-reactive ketones (excluding diaryl/α,β-unsaturated/α-hetero) is 2. The molecular formula is C30H28O11. The van der Waals surface area contributed by atoms with Crippen LogP contribution in [0.25, 0.3) is 0 Å². The molecule has 0 saturated carbocycles. The highest BCUT2D eigenvalue weighted by atomic mass is 16.8. The van der Waals surface area contributed by atoms with Gasteiger partial charge < -0.3 is 44.5 Å². The van der Waals surface area contributed by atoms with Gasteiger partial charge in [0.1, 0.15) is 29.1 Å². The van der Waals surface area contributed by atoms with Gasteiger partial charge in [-0.25, -0.2) is 0 Å². The molecule has 11 heteroatoms. The number of carbonyl (C=O) groups excluding carboxylic acids is 2. The number of phenols is 4. The molecule has 4 heterocycles. The fraction of sp³-hybridized carbons (Fsp3) is 0.467. The Morgan fingerprint density at radius 1 is 0.854 bits per heavy atom. The molecule has 0 aromatic heterocycles. The van der Waals surface area contributed by atoms with Crippen LogP contribution < -0.4 is 0 Å². The van der Waals surface area contributed by atoms with Gasteiger partial charge in [0.2, 0.25) is 5.79 Å². The average molecular weight is 565 g/mol. The Morgan fingerprint density at radius 2 is 1.56 bits per heavy atom. The second kappa shape index (κ2) is 7.29. The zero-order chi connectivity index (χ0) is 29.1. The van der Waals surface area contributed by atoms with Gasteiger partial charge in [-0.2, -0.15) is 0 Å². The van der Waals surface area contributed by atoms with E-state index in [2.05, 4.69) is 0 Å². The van der Waals surface area contributed by atoms with Crippen LogP contribution >= 0.6 is 0 Å². The summed E-state index contributed by atoms with van der Waals surface area (Å²) >= 11 is 0. The molecular weight excluding hydrogens is 536 g/mol. The van der Waals surface area contributed by atoms with Crippen molar-refractivity contribution in [3.63, 3.8) is 0 Å². The lowest BCUT2D eigenvalue weighted by Gasteiger charge is -2.60. The molecule has 41 heavy (non-hydrogen) atoms. The van der Waals surface area contributed by atoms with Gasteiger partial charge in [-0.15, -0.1) is 0 Å². The predicted octanol–water partition coefficient (Wildman–Crippen LogP) is 2.38. The number of ether oxygens (including phenoxy) is 4. The van der Waals surface area contributed by atoms with Crippen LogP contribution in [0, 0.1) is 5.92 Å². The lowest BCUT2D eigenvalue weighted by molar-refractivity contribution is -0.272. The fourth-order valence-corrected chi connectivity index (χ4v) is 8.72. The molecule has 2 bridgehead atoms. The van der Waals surface area contributed by atoms with Gasteiger partial charge in [0.25, 0.3) is 0 Å². The van der Waals surface area contributed by atoms with E-state index in [4.69, 9.17) is 18.9 Å². The van der Waals surface area contributed by atoms with Crippen LogP contribution in [0.3, 0.4) is 0 Å². The number of aromatic hydroxyl groups is 4. The average Bonchev–Trinajstić information content (AvgIpc) is 3.19. The number of rotatable bonds is 0. The van der Waals surface area contributed by atoms with Crippen molar-refractivity contribution in [1.29, 1.82) is 0 Å². The van der Waals surface area contributed by atoms with Gasteiger partial charge in [0, 0.05) is 46.4 Å². The van der Waals surface area contributed by atoms with Crippen molar-refractivity contribution >= 4 is 11.6 Å². The number of fused-ring (bicyclic) bond motifs is 3. The molecule has 0 radical (unpaired) electrons. The molecule has 2 aliphatic carbocycles. The standard InChI is InChI=1S/C30H28O11/c1-9-5-15-19(10(2)38-9)25(35)21-17(33)8-18(34)23-24(21)30(15)40-27-12(4)39-11(3)22-26(36)20-14(6-13(31)7-16(20)32)28(23,37)29(22,27)41-30/h6-12,22,27,31-34,37H,5H2,1-4H3/t9-,10-,11-,12-,22-,27-,28+,29+,30+/m1/s1. The molecule has 0 unspecified atom stereocenters. The number of carbonyl (C=O) groups is 2. The molecule has 214 valence electrons. The zero-order valence-corrected chi connectivity index (χ0v) is 22.6. The molecule has 2 spiro atoms. The van der Waals surface area contributed by atoms with E-state index in [1.807, 2.05) is 6.92 Å². The van der Waals surface area contributed by atoms with Crippen LogP contribution in [0.15, 0.2) is 29.3 Å². The minimum absolute atomic E-state index is 0.0793. The van der Waals surface area contributed by atoms with Crippen LogP contribution in [0.1, 0.15) is 71.5 Å². The third kappa shape index (κ3) is 2.48. The van der Waals surface area contributed by atoms with Gasteiger partial charge >= 0.3 is 0 Å². The third-order valence-electron chi connectivity index (χ3n) is 9.91. The van der Waals surface area contributed by atoms with E-state index >= 15 is 0 Å². The topological polar surface area (TPSA) is 172 Å². The molecule has 6 aliphatic rings. The van der Waals surface area contributed by atoms with Gasteiger partial charge in [0.05, 0.1) is 41.5 Å². The van der Waals surface area contributed by atoms with E-state index < -0.39 is 81.9 Å². The number of hydrogen-bond acceptors (Lipinski definition) is 11. The Balaban J connectivity index is 1.60. The third-order valence-corrected chi connectivity index (χ3v) is 9.91. The first kappa shape index (κ1) is 25.2. The summed E-state index contributed by atoms with van der Waals surface area (Å²) in [6.07, 6.45) is -3.58. The van der Waals surface area contributed by atoms with E-state index in [-0.39, 0.29) is 45.9 Å². The fourth-order valence-electron chi connectivity index (χ4n) is 8.72. The number of ketones is 2. The maximum absolute atomic E-state index is 14.3. The van der Waals surface area contributed by atoms with Crippen LogP contribution in [0.5, 0.6) is 23.0 Å². The van der Waals surface area contributed by atoms with Gasteiger partial charge in [-0.05, 0) is 33.8 Å². The van der Waals surface area contributed by atoms with Gasteiger partial charge in [-0.1, -0.05) is 0 Å². The van der Waals surface area contributed by atoms with E-state index in [0.29, 0.717) is 5.57 Å². The predicted molar refractivity (Wildman–Crippen MR) is 137 cm³/mol. The monoisotopic (exact) mass is 564 g/mol. The molecule has 2 aromatic rings. The summed E-state index contributed by atoms with van der Waals surface area (Å²) in [5.41, 5.74) is -4.72. The number of hydrogen-bond donors (Lipinski definition) is 5. The Labute approximate surface area is 233 Å². The molecule has 5 N–H and O–H groups in total. The molecule has 11 nitrogen and oxygen atoms in total. The molecule has 9 atom stereocenters. The zero-order valence-electron chi connectivity index (χ0n) is 22.6. The van der Waals surface area contributed by atoms with Crippen LogP contribution in [-0.4, -0.2) is 73.2 Å². The van der Waals surface area contributed by atoms with Crippen molar-refractivity contribution < 1.29 is 54.1 Å². The Morgan fingerprint density at radius 3 is 2.29 bits per heavy atom. The van der Waals surface area contributed by atoms with Crippen molar-refractivity contribution in [3.05, 3.63) is 57.2 Å². The summed E-state index contributed by atoms with van der Waals surface area (Å²) in [5, 5.41) is 57.3. The van der Waals surface area contributed by atoms with E-state index in [0.717, 1.165) is 18.2 Å². The van der Waals surface area contributed by atoms with Crippen molar-refractivity contribution in [2.75, 3.05) is 0 Å². The van der Waals surface area contributed by atoms with E-state index in [1.165, 1.54) is 0 Å². The summed E-state index contributed by atoms with van der Waals surface area (Å²) in [4.78, 5) is 28.4. The summed E-state index contributed by atoms with van der Waals surface area (Å²) in [7, 11) is 0. The maximum Gasteiger partial charge on any atom is 0.221 e. The Hall–Kier alpha value is -3.48. The maximum atomic E-state index is 14.3. The lowest BCUT2D eigenvalue weighted by atomic mass is 9.52. The number of benzene rings is 2. The van der Waals surface area contributed by atoms with Crippen LogP contribution in [-0.2, 0) is 30.3 Å². The molecule has 8 rings (SSSR count). The van der Waals surface area contributed by atoms with Gasteiger partial charge in [0.15, 0.2) is 22.8 Å². The van der Waals surface area contributed by atoms with Crippen LogP contribution in [0.4, 0.5) is 0 Å². The Kier molecular flexibility index (Phi) is 4.49. The first-order chi connectivity index (χ1) is 19.3. The van der Waals surface area contributed by atoms with Crippen molar-refractivity contribution in [2.45, 2.75) is 81.6 Å². The summed E-state index contributed by atoms with van der Waals surface area (Å²) < 4.78 is 26.0.